The normalized spacial score (nSPS) is 11.6. The number of nitrogens with zero attached hydrogens (tertiary/aromatic N) is 2. The van der Waals surface area contributed by atoms with E-state index in [0.29, 0.717) is 0 Å². The summed E-state index contributed by atoms with van der Waals surface area (Å²) in [5, 5.41) is 0.985. The lowest BCUT2D eigenvalue weighted by atomic mass is 10.2. The maximum absolute atomic E-state index is 13.8. The van der Waals surface area contributed by atoms with Crippen molar-refractivity contribution in [2.45, 2.75) is 20.0 Å². The molecule has 0 amide bonds. The minimum atomic E-state index is -0.135. The van der Waals surface area contributed by atoms with Crippen LogP contribution in [0.5, 0.6) is 0 Å². The molecule has 86 valence electrons. The number of fused-ring (bicyclic) bond motifs is 1. The predicted octanol–water partition coefficient (Wildman–Crippen LogP) is 2.86. The number of hydrogen-bond acceptors (Lipinski definition) is 1. The number of aryl methyl sites for hydroxylation is 1. The fourth-order valence-electron chi connectivity index (χ4n) is 2.15. The van der Waals surface area contributed by atoms with Crippen molar-refractivity contribution in [2.75, 3.05) is 14.1 Å². The van der Waals surface area contributed by atoms with Crippen LogP contribution in [-0.4, -0.2) is 23.6 Å². The summed E-state index contributed by atoms with van der Waals surface area (Å²) in [6.45, 7) is 3.68. The van der Waals surface area contributed by atoms with Crippen molar-refractivity contribution in [3.8, 4) is 0 Å². The van der Waals surface area contributed by atoms with E-state index in [0.717, 1.165) is 29.7 Å². The van der Waals surface area contributed by atoms with Crippen LogP contribution in [-0.2, 0) is 13.1 Å². The van der Waals surface area contributed by atoms with Gasteiger partial charge in [0.25, 0.3) is 0 Å². The summed E-state index contributed by atoms with van der Waals surface area (Å²) in [7, 11) is 4.04. The first-order valence-corrected chi connectivity index (χ1v) is 5.55. The summed E-state index contributed by atoms with van der Waals surface area (Å²) in [5.41, 5.74) is 1.88. The van der Waals surface area contributed by atoms with Gasteiger partial charge >= 0.3 is 0 Å². The molecule has 0 spiro atoms. The Morgan fingerprint density at radius 3 is 2.69 bits per heavy atom. The van der Waals surface area contributed by atoms with Crippen molar-refractivity contribution in [3.05, 3.63) is 35.8 Å². The average Bonchev–Trinajstić information content (AvgIpc) is 2.55. The SMILES string of the molecule is CCn1c(CN(C)C)cc2cccc(F)c21. The molecule has 0 fully saturated rings. The standard InChI is InChI=1S/C13H17FN2/c1-4-16-11(9-15(2)3)8-10-6-5-7-12(14)13(10)16/h5-8H,4,9H2,1-3H3. The van der Waals surface area contributed by atoms with Crippen LogP contribution >= 0.6 is 0 Å². The number of rotatable bonds is 3. The number of para-hydroxylation sites is 1. The number of hydrogen-bond donors (Lipinski definition) is 0. The van der Waals surface area contributed by atoms with Gasteiger partial charge in [-0.15, -0.1) is 0 Å². The third-order valence-electron chi connectivity index (χ3n) is 2.75. The second-order valence-electron chi connectivity index (χ2n) is 4.30. The van der Waals surface area contributed by atoms with Crippen molar-refractivity contribution >= 4 is 10.9 Å². The summed E-state index contributed by atoms with van der Waals surface area (Å²) < 4.78 is 15.8. The summed E-state index contributed by atoms with van der Waals surface area (Å²) in [5.74, 6) is -0.135. The topological polar surface area (TPSA) is 8.17 Å². The first-order valence-electron chi connectivity index (χ1n) is 5.55. The Labute approximate surface area is 95.3 Å². The molecule has 2 rings (SSSR count). The summed E-state index contributed by atoms with van der Waals surface area (Å²) in [6.07, 6.45) is 0. The van der Waals surface area contributed by atoms with Gasteiger partial charge in [0, 0.05) is 24.2 Å². The highest BCUT2D eigenvalue weighted by molar-refractivity contribution is 5.81. The Kier molecular flexibility index (Phi) is 2.97. The molecular formula is C13H17FN2. The minimum absolute atomic E-state index is 0.135. The first-order chi connectivity index (χ1) is 7.63. The van der Waals surface area contributed by atoms with Crippen LogP contribution in [0.3, 0.4) is 0 Å². The van der Waals surface area contributed by atoms with E-state index in [1.54, 1.807) is 6.07 Å². The minimum Gasteiger partial charge on any atom is -0.341 e. The van der Waals surface area contributed by atoms with Crippen LogP contribution < -0.4 is 0 Å². The molecule has 2 nitrogen and oxygen atoms in total. The van der Waals surface area contributed by atoms with Crippen LogP contribution in [0.1, 0.15) is 12.6 Å². The van der Waals surface area contributed by atoms with Crippen LogP contribution in [0, 0.1) is 5.82 Å². The summed E-state index contributed by atoms with van der Waals surface area (Å²) in [6, 6.07) is 7.32. The highest BCUT2D eigenvalue weighted by atomic mass is 19.1. The van der Waals surface area contributed by atoms with Crippen molar-refractivity contribution < 1.29 is 4.39 Å². The third kappa shape index (κ3) is 1.83. The van der Waals surface area contributed by atoms with E-state index in [-0.39, 0.29) is 5.82 Å². The Morgan fingerprint density at radius 1 is 1.31 bits per heavy atom. The second kappa shape index (κ2) is 4.26. The zero-order valence-electron chi connectivity index (χ0n) is 10.00. The van der Waals surface area contributed by atoms with Crippen molar-refractivity contribution in [3.63, 3.8) is 0 Å². The molecule has 0 aliphatic carbocycles. The van der Waals surface area contributed by atoms with Gasteiger partial charge < -0.3 is 9.47 Å². The van der Waals surface area contributed by atoms with Gasteiger partial charge in [0.15, 0.2) is 0 Å². The molecule has 0 bridgehead atoms. The molecule has 16 heavy (non-hydrogen) atoms. The van der Waals surface area contributed by atoms with Crippen molar-refractivity contribution in [2.24, 2.45) is 0 Å². The molecule has 1 aromatic carbocycles. The Hall–Kier alpha value is -1.35. The van der Waals surface area contributed by atoms with Gasteiger partial charge in [-0.25, -0.2) is 4.39 Å². The fourth-order valence-corrected chi connectivity index (χ4v) is 2.15. The molecule has 0 N–H and O–H groups in total. The van der Waals surface area contributed by atoms with Gasteiger partial charge in [0.05, 0.1) is 5.52 Å². The van der Waals surface area contributed by atoms with Gasteiger partial charge in [-0.1, -0.05) is 12.1 Å². The Bertz CT molecular complexity index is 500. The fraction of sp³-hybridized carbons (Fsp3) is 0.385. The largest absolute Gasteiger partial charge is 0.341 e. The van der Waals surface area contributed by atoms with E-state index < -0.39 is 0 Å². The molecule has 0 aliphatic rings. The predicted molar refractivity (Wildman–Crippen MR) is 65.0 cm³/mol. The number of aromatic nitrogens is 1. The maximum Gasteiger partial charge on any atom is 0.147 e. The first kappa shape index (κ1) is 11.1. The molecule has 0 atom stereocenters. The smallest absolute Gasteiger partial charge is 0.147 e. The van der Waals surface area contributed by atoms with Crippen molar-refractivity contribution in [1.82, 2.24) is 9.47 Å². The lowest BCUT2D eigenvalue weighted by Crippen LogP contribution is -2.14. The molecule has 1 heterocycles. The second-order valence-corrected chi connectivity index (χ2v) is 4.30. The van der Waals surface area contributed by atoms with Crippen molar-refractivity contribution in [1.29, 1.82) is 0 Å². The van der Waals surface area contributed by atoms with Gasteiger partial charge in [0.2, 0.25) is 0 Å². The lowest BCUT2D eigenvalue weighted by Gasteiger charge is -2.12. The third-order valence-corrected chi connectivity index (χ3v) is 2.75. The van der Waals surface area contributed by atoms with E-state index in [9.17, 15) is 4.39 Å². The monoisotopic (exact) mass is 220 g/mol. The van der Waals surface area contributed by atoms with Crippen LogP contribution in [0.25, 0.3) is 10.9 Å². The summed E-state index contributed by atoms with van der Waals surface area (Å²) >= 11 is 0. The van der Waals surface area contributed by atoms with E-state index in [4.69, 9.17) is 0 Å². The zero-order valence-corrected chi connectivity index (χ0v) is 10.00. The number of benzene rings is 1. The molecule has 0 saturated carbocycles. The highest BCUT2D eigenvalue weighted by Gasteiger charge is 2.11. The maximum atomic E-state index is 13.8. The molecule has 2 aromatic rings. The molecule has 0 aliphatic heterocycles. The van der Waals surface area contributed by atoms with Crippen LogP contribution in [0.2, 0.25) is 0 Å². The van der Waals surface area contributed by atoms with E-state index >= 15 is 0 Å². The molecule has 1 aromatic heterocycles. The van der Waals surface area contributed by atoms with E-state index in [1.807, 2.05) is 31.7 Å². The zero-order chi connectivity index (χ0) is 11.7. The van der Waals surface area contributed by atoms with Gasteiger partial charge in [-0.2, -0.15) is 0 Å². The quantitative estimate of drug-likeness (QED) is 0.772. The van der Waals surface area contributed by atoms with E-state index in [1.165, 1.54) is 6.07 Å². The molecule has 0 saturated heterocycles. The molecular weight excluding hydrogens is 203 g/mol. The Morgan fingerprint density at radius 2 is 2.06 bits per heavy atom. The summed E-state index contributed by atoms with van der Waals surface area (Å²) in [4.78, 5) is 2.10. The molecule has 0 unspecified atom stereocenters. The van der Waals surface area contributed by atoms with Gasteiger partial charge in [0.1, 0.15) is 5.82 Å². The van der Waals surface area contributed by atoms with Gasteiger partial charge in [-0.3, -0.25) is 0 Å². The van der Waals surface area contributed by atoms with Crippen LogP contribution in [0.15, 0.2) is 24.3 Å². The lowest BCUT2D eigenvalue weighted by molar-refractivity contribution is 0.389. The Balaban J connectivity index is 2.62. The van der Waals surface area contributed by atoms with E-state index in [2.05, 4.69) is 11.0 Å². The highest BCUT2D eigenvalue weighted by Crippen LogP contribution is 2.23. The average molecular weight is 220 g/mol. The molecule has 0 radical (unpaired) electrons. The molecule has 3 heteroatoms. The van der Waals surface area contributed by atoms with Crippen LogP contribution in [0.4, 0.5) is 4.39 Å². The van der Waals surface area contributed by atoms with Gasteiger partial charge in [-0.05, 0) is 33.2 Å². The number of halogens is 1.